The highest BCUT2D eigenvalue weighted by atomic mass is 32.1. The fourth-order valence-electron chi connectivity index (χ4n) is 4.20. The van der Waals surface area contributed by atoms with Crippen LogP contribution in [0.2, 0.25) is 0 Å². The number of hydrogen-bond acceptors (Lipinski definition) is 7. The maximum Gasteiger partial charge on any atom is 0.407 e. The molecule has 11 heteroatoms. The molecule has 4 N–H and O–H groups in total. The number of ether oxygens (including phenoxy) is 1. The number of anilines is 1. The molecule has 4 aromatic rings. The maximum atomic E-state index is 12.7. The van der Waals surface area contributed by atoms with Gasteiger partial charge in [-0.1, -0.05) is 6.07 Å². The van der Waals surface area contributed by atoms with Crippen LogP contribution < -0.4 is 16.0 Å². The largest absolute Gasteiger partial charge is 0.495 e. The van der Waals surface area contributed by atoms with Crippen molar-refractivity contribution < 1.29 is 14.6 Å². The SMILES string of the molecule is COc1cc(C)cc2cc(-c3nn(C4CCN(C(=O)O)C4)c4c(=O)[nH]nc(N)c34)sc12. The first-order chi connectivity index (χ1) is 14.9. The van der Waals surface area contributed by atoms with Crippen molar-refractivity contribution in [1.29, 1.82) is 0 Å². The molecule has 0 bridgehead atoms. The molecule has 1 atom stereocenters. The number of amides is 1. The summed E-state index contributed by atoms with van der Waals surface area (Å²) in [5.41, 5.74) is 7.69. The molecular formula is C20H20N6O4S. The molecule has 1 aromatic carbocycles. The number of nitrogens with zero attached hydrogens (tertiary/aromatic N) is 4. The lowest BCUT2D eigenvalue weighted by Gasteiger charge is -2.13. The number of aryl methyl sites for hydroxylation is 1. The molecule has 10 nitrogen and oxygen atoms in total. The summed E-state index contributed by atoms with van der Waals surface area (Å²) in [5.74, 6) is 0.941. The summed E-state index contributed by atoms with van der Waals surface area (Å²) in [7, 11) is 1.63. The molecule has 1 saturated heterocycles. The number of hydrogen-bond donors (Lipinski definition) is 3. The number of carboxylic acid groups (broad SMARTS) is 1. The van der Waals surface area contributed by atoms with Crippen molar-refractivity contribution in [3.8, 4) is 16.3 Å². The van der Waals surface area contributed by atoms with Crippen LogP contribution in [0.15, 0.2) is 23.0 Å². The molecule has 4 heterocycles. The molecule has 1 aliphatic rings. The van der Waals surface area contributed by atoms with E-state index in [4.69, 9.17) is 15.6 Å². The quantitative estimate of drug-likeness (QED) is 0.445. The second kappa shape index (κ2) is 6.98. The maximum absolute atomic E-state index is 12.7. The van der Waals surface area contributed by atoms with E-state index in [0.29, 0.717) is 29.6 Å². The number of likely N-dealkylation sites (tertiary alicyclic amines) is 1. The zero-order valence-corrected chi connectivity index (χ0v) is 17.7. The summed E-state index contributed by atoms with van der Waals surface area (Å²) >= 11 is 1.50. The third kappa shape index (κ3) is 3.00. The molecule has 0 aliphatic carbocycles. The van der Waals surface area contributed by atoms with E-state index < -0.39 is 11.7 Å². The summed E-state index contributed by atoms with van der Waals surface area (Å²) in [4.78, 5) is 26.2. The smallest absolute Gasteiger partial charge is 0.407 e. The van der Waals surface area contributed by atoms with Crippen LogP contribution in [0.25, 0.3) is 31.6 Å². The van der Waals surface area contributed by atoms with Crippen molar-refractivity contribution in [3.63, 3.8) is 0 Å². The Kier molecular flexibility index (Phi) is 4.36. The first-order valence-corrected chi connectivity index (χ1v) is 10.5. The van der Waals surface area contributed by atoms with Crippen LogP contribution in [0, 0.1) is 6.92 Å². The van der Waals surface area contributed by atoms with Crippen LogP contribution in [0.1, 0.15) is 18.0 Å². The van der Waals surface area contributed by atoms with Crippen molar-refractivity contribution in [2.24, 2.45) is 0 Å². The van der Waals surface area contributed by atoms with Gasteiger partial charge >= 0.3 is 6.09 Å². The number of benzene rings is 1. The third-order valence-corrected chi connectivity index (χ3v) is 6.79. The molecule has 3 aromatic heterocycles. The van der Waals surface area contributed by atoms with Gasteiger partial charge in [-0.2, -0.15) is 10.2 Å². The Bertz CT molecular complexity index is 1400. The van der Waals surface area contributed by atoms with E-state index in [-0.39, 0.29) is 18.4 Å². The van der Waals surface area contributed by atoms with Gasteiger partial charge in [0.15, 0.2) is 5.82 Å². The summed E-state index contributed by atoms with van der Waals surface area (Å²) in [5, 5.41) is 21.9. The van der Waals surface area contributed by atoms with E-state index in [2.05, 4.69) is 16.3 Å². The average molecular weight is 440 g/mol. The summed E-state index contributed by atoms with van der Waals surface area (Å²) in [6.45, 7) is 2.64. The minimum absolute atomic E-state index is 0.171. The molecule has 1 amide bonds. The first-order valence-electron chi connectivity index (χ1n) is 9.70. The fourth-order valence-corrected chi connectivity index (χ4v) is 5.32. The molecule has 31 heavy (non-hydrogen) atoms. The zero-order valence-electron chi connectivity index (χ0n) is 16.9. The molecule has 0 radical (unpaired) electrons. The van der Waals surface area contributed by atoms with Crippen LogP contribution in [-0.2, 0) is 0 Å². The monoisotopic (exact) mass is 440 g/mol. The number of rotatable bonds is 3. The van der Waals surface area contributed by atoms with Crippen LogP contribution in [0.4, 0.5) is 10.6 Å². The van der Waals surface area contributed by atoms with Gasteiger partial charge in [-0.25, -0.2) is 9.89 Å². The van der Waals surface area contributed by atoms with Crippen molar-refractivity contribution in [3.05, 3.63) is 34.1 Å². The highest BCUT2D eigenvalue weighted by molar-refractivity contribution is 7.22. The Morgan fingerprint density at radius 3 is 2.90 bits per heavy atom. The average Bonchev–Trinajstić information content (AvgIpc) is 3.45. The Morgan fingerprint density at radius 2 is 2.19 bits per heavy atom. The molecule has 1 aliphatic heterocycles. The molecule has 5 rings (SSSR count). The number of nitrogen functional groups attached to an aromatic ring is 1. The Hall–Kier alpha value is -3.60. The molecule has 160 valence electrons. The van der Waals surface area contributed by atoms with Crippen molar-refractivity contribution in [1.82, 2.24) is 24.9 Å². The number of methoxy groups -OCH3 is 1. The van der Waals surface area contributed by atoms with Crippen molar-refractivity contribution in [2.45, 2.75) is 19.4 Å². The normalized spacial score (nSPS) is 16.5. The van der Waals surface area contributed by atoms with Gasteiger partial charge in [0.1, 0.15) is 17.0 Å². The Labute approximate surface area is 179 Å². The van der Waals surface area contributed by atoms with Gasteiger partial charge in [0.25, 0.3) is 5.56 Å². The van der Waals surface area contributed by atoms with Crippen LogP contribution in [-0.4, -0.2) is 56.3 Å². The van der Waals surface area contributed by atoms with Crippen molar-refractivity contribution in [2.75, 3.05) is 25.9 Å². The number of aromatic amines is 1. The lowest BCUT2D eigenvalue weighted by molar-refractivity contribution is 0.154. The summed E-state index contributed by atoms with van der Waals surface area (Å²) < 4.78 is 8.12. The second-order valence-corrected chi connectivity index (χ2v) is 8.67. The Morgan fingerprint density at radius 1 is 1.39 bits per heavy atom. The molecular weight excluding hydrogens is 420 g/mol. The highest BCUT2D eigenvalue weighted by Gasteiger charge is 2.31. The van der Waals surface area contributed by atoms with Crippen LogP contribution >= 0.6 is 11.3 Å². The van der Waals surface area contributed by atoms with Gasteiger partial charge in [-0.3, -0.25) is 9.48 Å². The van der Waals surface area contributed by atoms with E-state index in [9.17, 15) is 14.7 Å². The number of aromatic nitrogens is 4. The second-order valence-electron chi connectivity index (χ2n) is 7.62. The van der Waals surface area contributed by atoms with Gasteiger partial charge in [0.05, 0.1) is 28.1 Å². The number of fused-ring (bicyclic) bond motifs is 2. The third-order valence-electron chi connectivity index (χ3n) is 5.62. The lowest BCUT2D eigenvalue weighted by atomic mass is 10.1. The molecule has 0 saturated carbocycles. The standard InChI is InChI=1S/C20H20N6O4S/c1-9-5-10-7-13(31-17(10)12(6-9)30-2)15-14-16(19(27)23-22-18(14)21)26(24-15)11-3-4-25(8-11)20(28)29/h5-7,11H,3-4,8H2,1-2H3,(H2,21,22)(H,23,27)(H,28,29). The minimum Gasteiger partial charge on any atom is -0.495 e. The first kappa shape index (κ1) is 19.4. The number of thiophene rings is 1. The zero-order chi connectivity index (χ0) is 21.9. The summed E-state index contributed by atoms with van der Waals surface area (Å²) in [6, 6.07) is 5.77. The van der Waals surface area contributed by atoms with E-state index in [1.54, 1.807) is 11.8 Å². The van der Waals surface area contributed by atoms with E-state index in [1.165, 1.54) is 16.2 Å². The number of H-pyrrole nitrogens is 1. The summed E-state index contributed by atoms with van der Waals surface area (Å²) in [6.07, 6.45) is -0.426. The fraction of sp³-hybridized carbons (Fsp3) is 0.300. The lowest BCUT2D eigenvalue weighted by Crippen LogP contribution is -2.27. The molecule has 1 fully saturated rings. The number of nitrogens with two attached hydrogens (primary N) is 1. The number of nitrogens with one attached hydrogen (secondary N) is 1. The predicted octanol–water partition coefficient (Wildman–Crippen LogP) is 2.83. The predicted molar refractivity (Wildman–Crippen MR) is 118 cm³/mol. The number of carbonyl (C=O) groups is 1. The topological polar surface area (TPSA) is 139 Å². The highest BCUT2D eigenvalue weighted by Crippen LogP contribution is 2.42. The van der Waals surface area contributed by atoms with Gasteiger partial charge in [-0.15, -0.1) is 11.3 Å². The van der Waals surface area contributed by atoms with E-state index in [1.807, 2.05) is 19.1 Å². The van der Waals surface area contributed by atoms with E-state index >= 15 is 0 Å². The van der Waals surface area contributed by atoms with Gasteiger partial charge in [-0.05, 0) is 36.4 Å². The molecule has 1 unspecified atom stereocenters. The minimum atomic E-state index is -0.985. The van der Waals surface area contributed by atoms with E-state index in [0.717, 1.165) is 26.3 Å². The van der Waals surface area contributed by atoms with Gasteiger partial charge in [0, 0.05) is 13.1 Å². The van der Waals surface area contributed by atoms with Gasteiger partial charge < -0.3 is 20.5 Å². The Balaban J connectivity index is 1.74. The van der Waals surface area contributed by atoms with Crippen molar-refractivity contribution >= 4 is 44.2 Å². The van der Waals surface area contributed by atoms with Gasteiger partial charge in [0.2, 0.25) is 0 Å². The van der Waals surface area contributed by atoms with Crippen LogP contribution in [0.5, 0.6) is 5.75 Å². The van der Waals surface area contributed by atoms with Crippen LogP contribution in [0.3, 0.4) is 0 Å². The molecule has 0 spiro atoms.